The van der Waals surface area contributed by atoms with Crippen molar-refractivity contribution in [2.45, 2.75) is 232 Å². The molecule has 282 valence electrons. The van der Waals surface area contributed by atoms with E-state index < -0.39 is 36.2 Å². The van der Waals surface area contributed by atoms with E-state index in [4.69, 9.17) is 4.74 Å². The Hall–Kier alpha value is -0.920. The fourth-order valence-corrected chi connectivity index (χ4v) is 6.37. The van der Waals surface area contributed by atoms with Gasteiger partial charge in [-0.3, -0.25) is 14.5 Å². The molecule has 0 saturated heterocycles. The van der Waals surface area contributed by atoms with Crippen molar-refractivity contribution in [1.82, 2.24) is 4.90 Å². The van der Waals surface area contributed by atoms with E-state index in [1.54, 1.807) is 0 Å². The van der Waals surface area contributed by atoms with E-state index in [-0.39, 0.29) is 55.4 Å². The van der Waals surface area contributed by atoms with Gasteiger partial charge in [-0.15, -0.1) is 0 Å². The molecule has 8 heteroatoms. The number of ether oxygens (including phenoxy) is 1. The van der Waals surface area contributed by atoms with Gasteiger partial charge in [0.2, 0.25) is 11.8 Å². The minimum atomic E-state index is -1.31. The normalized spacial score (nSPS) is 11.6. The summed E-state index contributed by atoms with van der Waals surface area (Å²) >= 11 is 0. The number of aliphatic carboxylic acids is 1. The SMILES string of the molecule is CCCCCCCCCCCCOC(=O)[C@H](CCC(=O)[O-])N(C(=O)CCCCCCCCCCC)C(=O)CCCCCCCCCCC.[Na+]. The molecule has 2 amide bonds. The van der Waals surface area contributed by atoms with Gasteiger partial charge in [-0.2, -0.15) is 0 Å². The zero-order chi connectivity index (χ0) is 35.5. The molecule has 0 heterocycles. The first kappa shape index (κ1) is 50.2. The Labute approximate surface area is 324 Å². The molecule has 7 nitrogen and oxygen atoms in total. The molecule has 0 rings (SSSR count). The molecule has 0 aromatic heterocycles. The maximum absolute atomic E-state index is 13.5. The molecule has 0 fully saturated rings. The van der Waals surface area contributed by atoms with Crippen molar-refractivity contribution in [2.24, 2.45) is 0 Å². The van der Waals surface area contributed by atoms with E-state index >= 15 is 0 Å². The average Bonchev–Trinajstić information content (AvgIpc) is 3.07. The van der Waals surface area contributed by atoms with E-state index in [1.807, 2.05) is 0 Å². The molecule has 0 radical (unpaired) electrons. The summed E-state index contributed by atoms with van der Waals surface area (Å²) in [6, 6.07) is -1.22. The monoisotopic (exact) mass is 702 g/mol. The van der Waals surface area contributed by atoms with Crippen molar-refractivity contribution in [1.29, 1.82) is 0 Å². The second kappa shape index (κ2) is 38.3. The number of nitrogens with zero attached hydrogens (tertiary/aromatic N) is 1. The van der Waals surface area contributed by atoms with Gasteiger partial charge in [0.1, 0.15) is 6.04 Å². The quantitative estimate of drug-likeness (QED) is 0.0380. The van der Waals surface area contributed by atoms with Crippen molar-refractivity contribution >= 4 is 23.8 Å². The summed E-state index contributed by atoms with van der Waals surface area (Å²) < 4.78 is 5.59. The summed E-state index contributed by atoms with van der Waals surface area (Å²) in [5.74, 6) is -2.76. The van der Waals surface area contributed by atoms with Crippen LogP contribution in [0.2, 0.25) is 0 Å². The van der Waals surface area contributed by atoms with Crippen molar-refractivity contribution in [3.8, 4) is 0 Å². The van der Waals surface area contributed by atoms with Gasteiger partial charge in [0.05, 0.1) is 6.61 Å². The van der Waals surface area contributed by atoms with Gasteiger partial charge in [-0.05, 0) is 32.1 Å². The molecule has 0 aliphatic rings. The summed E-state index contributed by atoms with van der Waals surface area (Å²) in [6.45, 7) is 6.86. The number of imide groups is 1. The Bertz CT molecular complexity index is 758. The molecule has 0 spiro atoms. The van der Waals surface area contributed by atoms with Crippen LogP contribution in [0.4, 0.5) is 0 Å². The van der Waals surface area contributed by atoms with Crippen molar-refractivity contribution in [2.75, 3.05) is 6.61 Å². The van der Waals surface area contributed by atoms with Gasteiger partial charge in [0, 0.05) is 18.8 Å². The smallest absolute Gasteiger partial charge is 0.550 e. The molecule has 0 bridgehead atoms. The van der Waals surface area contributed by atoms with Crippen LogP contribution in [-0.4, -0.2) is 41.3 Å². The maximum atomic E-state index is 13.5. The van der Waals surface area contributed by atoms with Crippen LogP contribution < -0.4 is 34.7 Å². The number of hydrogen-bond acceptors (Lipinski definition) is 6. The largest absolute Gasteiger partial charge is 1.00 e. The zero-order valence-corrected chi connectivity index (χ0v) is 34.8. The van der Waals surface area contributed by atoms with Crippen LogP contribution in [0.3, 0.4) is 0 Å². The van der Waals surface area contributed by atoms with E-state index in [2.05, 4.69) is 20.8 Å². The van der Waals surface area contributed by atoms with Gasteiger partial charge in [0.25, 0.3) is 0 Å². The van der Waals surface area contributed by atoms with Crippen molar-refractivity contribution in [3.63, 3.8) is 0 Å². The van der Waals surface area contributed by atoms with Gasteiger partial charge in [0.15, 0.2) is 0 Å². The predicted molar refractivity (Wildman–Crippen MR) is 196 cm³/mol. The van der Waals surface area contributed by atoms with Crippen LogP contribution in [0, 0.1) is 0 Å². The van der Waals surface area contributed by atoms with Gasteiger partial charge in [-0.1, -0.05) is 181 Å². The van der Waals surface area contributed by atoms with Crippen molar-refractivity contribution in [3.05, 3.63) is 0 Å². The average molecular weight is 702 g/mol. The van der Waals surface area contributed by atoms with Gasteiger partial charge >= 0.3 is 35.5 Å². The van der Waals surface area contributed by atoms with Crippen LogP contribution in [0.1, 0.15) is 226 Å². The summed E-state index contributed by atoms with van der Waals surface area (Å²) in [5, 5.41) is 11.4. The Kier molecular flexibility index (Phi) is 39.2. The molecule has 0 aliphatic heterocycles. The topological polar surface area (TPSA) is 104 Å². The van der Waals surface area contributed by atoms with E-state index in [1.165, 1.54) is 109 Å². The fraction of sp³-hybridized carbons (Fsp3) is 0.902. The third-order valence-electron chi connectivity index (χ3n) is 9.47. The number of carbonyl (C=O) groups excluding carboxylic acids is 4. The van der Waals surface area contributed by atoms with Crippen LogP contribution in [0.25, 0.3) is 0 Å². The van der Waals surface area contributed by atoms with E-state index in [0.29, 0.717) is 19.3 Å². The molecular weight excluding hydrogens is 625 g/mol. The van der Waals surface area contributed by atoms with Crippen LogP contribution in [-0.2, 0) is 23.9 Å². The number of hydrogen-bond donors (Lipinski definition) is 0. The second-order valence-electron chi connectivity index (χ2n) is 14.1. The molecule has 0 saturated carbocycles. The molecule has 0 N–H and O–H groups in total. The first-order chi connectivity index (χ1) is 23.4. The predicted octanol–water partition coefficient (Wildman–Crippen LogP) is 7.55. The summed E-state index contributed by atoms with van der Waals surface area (Å²) in [7, 11) is 0. The molecule has 0 aromatic carbocycles. The molecular formula is C41H76NNaO6. The summed E-state index contributed by atoms with van der Waals surface area (Å²) in [5.41, 5.74) is 0. The molecule has 0 aliphatic carbocycles. The minimum absolute atomic E-state index is 0. The number of rotatable bonds is 36. The van der Waals surface area contributed by atoms with E-state index in [9.17, 15) is 24.3 Å². The molecule has 49 heavy (non-hydrogen) atoms. The zero-order valence-electron chi connectivity index (χ0n) is 32.8. The number of carbonyl (C=O) groups is 4. The Morgan fingerprint density at radius 3 is 1.10 bits per heavy atom. The molecule has 0 aromatic rings. The summed E-state index contributed by atoms with van der Waals surface area (Å²) in [4.78, 5) is 52.9. The number of esters is 1. The Balaban J connectivity index is 0. The fourth-order valence-electron chi connectivity index (χ4n) is 6.37. The Morgan fingerprint density at radius 1 is 0.469 bits per heavy atom. The maximum Gasteiger partial charge on any atom is 1.00 e. The first-order valence-corrected chi connectivity index (χ1v) is 20.6. The number of unbranched alkanes of at least 4 members (excludes halogenated alkanes) is 25. The Morgan fingerprint density at radius 2 is 0.776 bits per heavy atom. The molecule has 1 atom stereocenters. The second-order valence-corrected chi connectivity index (χ2v) is 14.1. The number of carboxylic acid groups (broad SMARTS) is 1. The van der Waals surface area contributed by atoms with Crippen LogP contribution in [0.5, 0.6) is 0 Å². The van der Waals surface area contributed by atoms with E-state index in [0.717, 1.165) is 56.3 Å². The summed E-state index contributed by atoms with van der Waals surface area (Å²) in [6.07, 6.45) is 31.2. The van der Waals surface area contributed by atoms with Crippen molar-refractivity contribution < 1.29 is 58.6 Å². The molecule has 0 unspecified atom stereocenters. The van der Waals surface area contributed by atoms with Crippen LogP contribution in [0.15, 0.2) is 0 Å². The minimum Gasteiger partial charge on any atom is -0.550 e. The number of carboxylic acids is 1. The standard InChI is InChI=1S/C41H77NO6.Na/c1-4-7-10-13-16-19-22-25-28-31-36-48-41(47)37(34-35-40(45)46)42(38(43)32-29-26-23-20-17-14-11-8-5-2)39(44)33-30-27-24-21-18-15-12-9-6-3;/h37H,4-36H2,1-3H3,(H,45,46);/q;+1/p-1/t37-;/m0./s1. The van der Waals surface area contributed by atoms with Gasteiger partial charge < -0.3 is 14.6 Å². The van der Waals surface area contributed by atoms with Gasteiger partial charge in [-0.25, -0.2) is 4.79 Å². The third kappa shape index (κ3) is 31.5. The first-order valence-electron chi connectivity index (χ1n) is 20.6. The van der Waals surface area contributed by atoms with Crippen LogP contribution >= 0.6 is 0 Å². The third-order valence-corrected chi connectivity index (χ3v) is 9.47. The number of amides is 2.